The molecule has 5 rings (SSSR count). The maximum Gasteiger partial charge on any atom is 0.262 e. The van der Waals surface area contributed by atoms with Gasteiger partial charge in [-0.25, -0.2) is 9.67 Å². The Kier molecular flexibility index (Phi) is 3.20. The second kappa shape index (κ2) is 5.37. The Hall–Kier alpha value is -2.76. The van der Waals surface area contributed by atoms with Crippen molar-refractivity contribution in [1.82, 2.24) is 19.7 Å². The molecule has 1 aromatic carbocycles. The van der Waals surface area contributed by atoms with E-state index >= 15 is 0 Å². The fraction of sp³-hybridized carbons (Fsp3) is 0.400. The highest BCUT2D eigenvalue weighted by Crippen LogP contribution is 2.42. The highest BCUT2D eigenvalue weighted by atomic mass is 16.1. The van der Waals surface area contributed by atoms with Gasteiger partial charge in [-0.1, -0.05) is 12.1 Å². The Morgan fingerprint density at radius 2 is 1.77 bits per heavy atom. The van der Waals surface area contributed by atoms with Crippen LogP contribution in [0, 0.1) is 13.8 Å². The van der Waals surface area contributed by atoms with E-state index in [0.717, 1.165) is 29.7 Å². The van der Waals surface area contributed by atoms with Gasteiger partial charge in [0.15, 0.2) is 11.9 Å². The lowest BCUT2D eigenvalue weighted by Crippen LogP contribution is -2.12. The van der Waals surface area contributed by atoms with Crippen LogP contribution in [0.5, 0.6) is 0 Å². The van der Waals surface area contributed by atoms with E-state index in [9.17, 15) is 9.59 Å². The highest BCUT2D eigenvalue weighted by Gasteiger charge is 2.29. The topological polar surface area (TPSA) is 80.6 Å². The van der Waals surface area contributed by atoms with Gasteiger partial charge >= 0.3 is 0 Å². The van der Waals surface area contributed by atoms with E-state index in [1.807, 2.05) is 13.8 Å². The number of rotatable bonds is 4. The van der Waals surface area contributed by atoms with Crippen molar-refractivity contribution in [3.05, 3.63) is 50.7 Å². The van der Waals surface area contributed by atoms with E-state index < -0.39 is 0 Å². The highest BCUT2D eigenvalue weighted by molar-refractivity contribution is 5.94. The van der Waals surface area contributed by atoms with Crippen LogP contribution in [-0.2, 0) is 0 Å². The van der Waals surface area contributed by atoms with Crippen LogP contribution in [0.1, 0.15) is 70.5 Å². The largest absolute Gasteiger partial charge is 0.310 e. The number of nitrogens with zero attached hydrogens (tertiary/aromatic N) is 3. The quantitative estimate of drug-likeness (QED) is 0.734. The number of aromatic amines is 1. The minimum absolute atomic E-state index is 0.265. The number of fused-ring (bicyclic) bond motifs is 1. The molecule has 0 radical (unpaired) electrons. The first kappa shape index (κ1) is 15.5. The van der Waals surface area contributed by atoms with E-state index in [0.29, 0.717) is 29.6 Å². The smallest absolute Gasteiger partial charge is 0.262 e. The summed E-state index contributed by atoms with van der Waals surface area (Å²) in [7, 11) is 0. The normalized spacial score (nSPS) is 17.0. The maximum atomic E-state index is 12.6. The number of carbonyl (C=O) groups is 1. The van der Waals surface area contributed by atoms with Gasteiger partial charge < -0.3 is 4.98 Å². The molecule has 0 atom stereocenters. The average molecular weight is 348 g/mol. The summed E-state index contributed by atoms with van der Waals surface area (Å²) in [4.78, 5) is 31.8. The van der Waals surface area contributed by atoms with Gasteiger partial charge in [0.1, 0.15) is 16.9 Å². The summed E-state index contributed by atoms with van der Waals surface area (Å²) in [6.45, 7) is 4.06. The second-order valence-corrected chi connectivity index (χ2v) is 7.62. The van der Waals surface area contributed by atoms with Gasteiger partial charge in [-0.05, 0) is 62.1 Å². The number of aldehydes is 1. The molecule has 2 fully saturated rings. The molecule has 0 amide bonds. The Morgan fingerprint density at radius 3 is 2.35 bits per heavy atom. The molecule has 0 bridgehead atoms. The molecular formula is C20H20N4O2. The first-order chi connectivity index (χ1) is 12.6. The van der Waals surface area contributed by atoms with Crippen LogP contribution < -0.4 is 5.56 Å². The third-order valence-electron chi connectivity index (χ3n) is 5.45. The molecule has 2 heterocycles. The number of aromatic nitrogens is 4. The maximum absolute atomic E-state index is 12.6. The lowest BCUT2D eigenvalue weighted by Gasteiger charge is -2.13. The van der Waals surface area contributed by atoms with E-state index in [1.165, 1.54) is 18.4 Å². The summed E-state index contributed by atoms with van der Waals surface area (Å²) in [6.07, 6.45) is 5.27. The van der Waals surface area contributed by atoms with Crippen LogP contribution in [0.25, 0.3) is 16.7 Å². The Bertz CT molecular complexity index is 1090. The van der Waals surface area contributed by atoms with Crippen molar-refractivity contribution < 1.29 is 4.79 Å². The van der Waals surface area contributed by atoms with Gasteiger partial charge in [-0.3, -0.25) is 9.59 Å². The summed E-state index contributed by atoms with van der Waals surface area (Å²) in [5, 5.41) is 4.82. The number of H-pyrrole nitrogens is 1. The number of hydrogen-bond acceptors (Lipinski definition) is 4. The Balaban J connectivity index is 1.75. The monoisotopic (exact) mass is 348 g/mol. The molecule has 132 valence electrons. The summed E-state index contributed by atoms with van der Waals surface area (Å²) in [5.41, 5.74) is 4.66. The van der Waals surface area contributed by atoms with Gasteiger partial charge in [0.05, 0.1) is 5.69 Å². The van der Waals surface area contributed by atoms with Crippen LogP contribution in [0.2, 0.25) is 0 Å². The fourth-order valence-corrected chi connectivity index (χ4v) is 3.84. The van der Waals surface area contributed by atoms with E-state index in [-0.39, 0.29) is 16.6 Å². The van der Waals surface area contributed by atoms with Crippen LogP contribution in [0.4, 0.5) is 0 Å². The molecule has 1 N–H and O–H groups in total. The van der Waals surface area contributed by atoms with Gasteiger partial charge in [-0.2, -0.15) is 0 Å². The summed E-state index contributed by atoms with van der Waals surface area (Å²) >= 11 is 0. The SMILES string of the molecule is Cc1cc(C2CC2)cc(C)c1-n1nc2nc(C3CC3)[nH]c(=O)c2c1C=O. The average Bonchev–Trinajstić information content (AvgIpc) is 3.50. The van der Waals surface area contributed by atoms with Crippen LogP contribution >= 0.6 is 0 Å². The zero-order valence-corrected chi connectivity index (χ0v) is 14.9. The number of hydrogen-bond donors (Lipinski definition) is 1. The summed E-state index contributed by atoms with van der Waals surface area (Å²) in [6, 6.07) is 4.35. The molecule has 0 saturated heterocycles. The minimum Gasteiger partial charge on any atom is -0.310 e. The molecule has 0 aliphatic heterocycles. The molecule has 0 unspecified atom stereocenters. The molecule has 2 aliphatic carbocycles. The molecular weight excluding hydrogens is 328 g/mol. The van der Waals surface area contributed by atoms with Crippen molar-refractivity contribution in [1.29, 1.82) is 0 Å². The van der Waals surface area contributed by atoms with Gasteiger partial charge in [0, 0.05) is 5.92 Å². The zero-order chi connectivity index (χ0) is 18.0. The van der Waals surface area contributed by atoms with Crippen molar-refractivity contribution in [2.75, 3.05) is 0 Å². The minimum atomic E-state index is -0.282. The molecule has 2 aliphatic rings. The van der Waals surface area contributed by atoms with Crippen LogP contribution in [-0.4, -0.2) is 26.0 Å². The Labute approximate surface area is 150 Å². The van der Waals surface area contributed by atoms with Crippen molar-refractivity contribution in [3.63, 3.8) is 0 Å². The number of aryl methyl sites for hydroxylation is 2. The fourth-order valence-electron chi connectivity index (χ4n) is 3.84. The molecule has 6 nitrogen and oxygen atoms in total. The molecule has 3 aromatic rings. The predicted octanol–water partition coefficient (Wildman–Crippen LogP) is 3.29. The predicted molar refractivity (Wildman–Crippen MR) is 98.3 cm³/mol. The first-order valence-electron chi connectivity index (χ1n) is 9.16. The Morgan fingerprint density at radius 1 is 1.12 bits per heavy atom. The third-order valence-corrected chi connectivity index (χ3v) is 5.45. The zero-order valence-electron chi connectivity index (χ0n) is 14.9. The van der Waals surface area contributed by atoms with E-state index in [1.54, 1.807) is 4.68 Å². The number of nitrogens with one attached hydrogen (secondary N) is 1. The number of carbonyl (C=O) groups excluding carboxylic acids is 1. The molecule has 2 aromatic heterocycles. The first-order valence-corrected chi connectivity index (χ1v) is 9.16. The van der Waals surface area contributed by atoms with Gasteiger partial charge in [0.2, 0.25) is 0 Å². The lowest BCUT2D eigenvalue weighted by atomic mass is 10.0. The van der Waals surface area contributed by atoms with E-state index in [4.69, 9.17) is 0 Å². The molecule has 0 spiro atoms. The third kappa shape index (κ3) is 2.32. The molecule has 2 saturated carbocycles. The van der Waals surface area contributed by atoms with Gasteiger partial charge in [0.25, 0.3) is 5.56 Å². The summed E-state index contributed by atoms with van der Waals surface area (Å²) in [5.74, 6) is 1.66. The number of benzene rings is 1. The molecule has 26 heavy (non-hydrogen) atoms. The van der Waals surface area contributed by atoms with Crippen molar-refractivity contribution in [2.24, 2.45) is 0 Å². The van der Waals surface area contributed by atoms with Crippen LogP contribution in [0.15, 0.2) is 16.9 Å². The van der Waals surface area contributed by atoms with Crippen molar-refractivity contribution in [3.8, 4) is 5.69 Å². The standard InChI is InChI=1S/C20H20N4O2/c1-10-7-14(12-3-4-12)8-11(2)17(10)24-15(9-25)16-19(23-24)21-18(13-5-6-13)22-20(16)26/h7-9,12-13H,3-6H2,1-2H3,(H,21,22,23,26). The van der Waals surface area contributed by atoms with Crippen LogP contribution in [0.3, 0.4) is 0 Å². The van der Waals surface area contributed by atoms with Gasteiger partial charge in [-0.15, -0.1) is 5.10 Å². The second-order valence-electron chi connectivity index (χ2n) is 7.62. The lowest BCUT2D eigenvalue weighted by molar-refractivity contribution is 0.111. The van der Waals surface area contributed by atoms with Crippen molar-refractivity contribution >= 4 is 17.3 Å². The van der Waals surface area contributed by atoms with E-state index in [2.05, 4.69) is 27.2 Å². The van der Waals surface area contributed by atoms with Crippen molar-refractivity contribution in [2.45, 2.75) is 51.4 Å². The molecule has 6 heteroatoms. The summed E-state index contributed by atoms with van der Waals surface area (Å²) < 4.78 is 1.60.